The number of likely N-dealkylation sites (tertiary alicyclic amines) is 2. The normalized spacial score (nSPS) is 24.1. The lowest BCUT2D eigenvalue weighted by molar-refractivity contribution is 0.280. The summed E-state index contributed by atoms with van der Waals surface area (Å²) in [5, 5.41) is 12.2. The molecule has 1 unspecified atom stereocenters. The first kappa shape index (κ1) is 21.8. The maximum Gasteiger partial charge on any atom is 0.194 e. The second-order valence-corrected chi connectivity index (χ2v) is 8.60. The average Bonchev–Trinajstić information content (AvgIpc) is 3.45. The van der Waals surface area contributed by atoms with E-state index < -0.39 is 0 Å². The van der Waals surface area contributed by atoms with Gasteiger partial charge in [0.15, 0.2) is 11.8 Å². The fourth-order valence-corrected chi connectivity index (χ4v) is 4.73. The molecule has 0 spiro atoms. The van der Waals surface area contributed by atoms with E-state index in [4.69, 9.17) is 4.99 Å². The minimum absolute atomic E-state index is 0. The van der Waals surface area contributed by atoms with E-state index in [9.17, 15) is 0 Å². The molecule has 8 heteroatoms. The monoisotopic (exact) mass is 501 g/mol. The Morgan fingerprint density at radius 2 is 1.82 bits per heavy atom. The summed E-state index contributed by atoms with van der Waals surface area (Å²) in [6.07, 6.45) is 9.26. The van der Waals surface area contributed by atoms with Gasteiger partial charge < -0.3 is 19.7 Å². The molecule has 158 valence electrons. The van der Waals surface area contributed by atoms with Crippen LogP contribution in [0.25, 0.3) is 0 Å². The third-order valence-corrected chi connectivity index (χ3v) is 6.54. The molecule has 1 N–H and O–H groups in total. The molecule has 0 bridgehead atoms. The number of hydrogen-bond acceptors (Lipinski definition) is 4. The van der Waals surface area contributed by atoms with Crippen molar-refractivity contribution in [3.63, 3.8) is 0 Å². The van der Waals surface area contributed by atoms with Gasteiger partial charge in [0.25, 0.3) is 0 Å². The van der Waals surface area contributed by atoms with Gasteiger partial charge >= 0.3 is 0 Å². The summed E-state index contributed by atoms with van der Waals surface area (Å²) in [5.41, 5.74) is 0. The Balaban J connectivity index is 0.00000225. The van der Waals surface area contributed by atoms with Crippen LogP contribution in [0.3, 0.4) is 0 Å². The zero-order valence-electron chi connectivity index (χ0n) is 17.4. The SMILES string of the molecule is Cc1nnc(CN=C(NC2CCCC2)N2CCC(CN3CCCC3)C2)n1C.I. The van der Waals surface area contributed by atoms with E-state index in [1.165, 1.54) is 64.6 Å². The topological polar surface area (TPSA) is 61.6 Å². The number of hydrogen-bond donors (Lipinski definition) is 1. The molecule has 0 radical (unpaired) electrons. The molecule has 28 heavy (non-hydrogen) atoms. The number of aromatic nitrogens is 3. The van der Waals surface area contributed by atoms with Crippen molar-refractivity contribution in [3.05, 3.63) is 11.6 Å². The summed E-state index contributed by atoms with van der Waals surface area (Å²) in [7, 11) is 2.02. The zero-order valence-corrected chi connectivity index (χ0v) is 19.8. The fourth-order valence-electron chi connectivity index (χ4n) is 4.73. The van der Waals surface area contributed by atoms with Gasteiger partial charge in [-0.3, -0.25) is 0 Å². The molecule has 1 atom stereocenters. The fraction of sp³-hybridized carbons (Fsp3) is 0.850. The summed E-state index contributed by atoms with van der Waals surface area (Å²) in [6, 6.07) is 0.586. The molecule has 3 aliphatic rings. The molecule has 0 aromatic carbocycles. The predicted octanol–water partition coefficient (Wildman–Crippen LogP) is 2.55. The first-order chi connectivity index (χ1) is 13.2. The van der Waals surface area contributed by atoms with E-state index >= 15 is 0 Å². The summed E-state index contributed by atoms with van der Waals surface area (Å²) in [4.78, 5) is 10.1. The second-order valence-electron chi connectivity index (χ2n) is 8.60. The van der Waals surface area contributed by atoms with Gasteiger partial charge in [0.2, 0.25) is 0 Å². The van der Waals surface area contributed by atoms with Gasteiger partial charge in [0.1, 0.15) is 12.4 Å². The van der Waals surface area contributed by atoms with E-state index in [0.717, 1.165) is 36.6 Å². The van der Waals surface area contributed by atoms with Crippen LogP contribution in [0, 0.1) is 12.8 Å². The van der Waals surface area contributed by atoms with Crippen LogP contribution >= 0.6 is 24.0 Å². The van der Waals surface area contributed by atoms with E-state index in [0.29, 0.717) is 12.6 Å². The van der Waals surface area contributed by atoms with Crippen molar-refractivity contribution in [2.45, 2.75) is 64.5 Å². The third-order valence-electron chi connectivity index (χ3n) is 6.54. The number of guanidine groups is 1. The molecule has 1 saturated carbocycles. The highest BCUT2D eigenvalue weighted by Crippen LogP contribution is 2.22. The molecule has 0 amide bonds. The van der Waals surface area contributed by atoms with Gasteiger partial charge in [-0.25, -0.2) is 4.99 Å². The van der Waals surface area contributed by atoms with E-state index in [2.05, 4.69) is 25.3 Å². The van der Waals surface area contributed by atoms with Gasteiger partial charge in [0.05, 0.1) is 0 Å². The minimum atomic E-state index is 0. The van der Waals surface area contributed by atoms with Crippen LogP contribution in [0.4, 0.5) is 0 Å². The van der Waals surface area contributed by atoms with E-state index in [-0.39, 0.29) is 24.0 Å². The molecule has 3 fully saturated rings. The van der Waals surface area contributed by atoms with Crippen LogP contribution in [0.15, 0.2) is 4.99 Å². The molecule has 1 aliphatic carbocycles. The number of aliphatic imine (C=N–C) groups is 1. The molecule has 2 saturated heterocycles. The van der Waals surface area contributed by atoms with Crippen molar-refractivity contribution in [2.75, 3.05) is 32.7 Å². The van der Waals surface area contributed by atoms with Crippen molar-refractivity contribution in [3.8, 4) is 0 Å². The standard InChI is InChI=1S/C20H35N7.HI/c1-16-23-24-19(25(16)2)13-21-20(22-18-7-3-4-8-18)27-12-9-17(15-27)14-26-10-5-6-11-26;/h17-18H,3-15H2,1-2H3,(H,21,22);1H. The molecule has 7 nitrogen and oxygen atoms in total. The van der Waals surface area contributed by atoms with Gasteiger partial charge in [0, 0.05) is 32.7 Å². The van der Waals surface area contributed by atoms with E-state index in [1.807, 2.05) is 18.5 Å². The Kier molecular flexibility index (Phi) is 7.96. The average molecular weight is 501 g/mol. The Morgan fingerprint density at radius 1 is 1.07 bits per heavy atom. The Bertz CT molecular complexity index is 647. The van der Waals surface area contributed by atoms with Crippen molar-refractivity contribution in [2.24, 2.45) is 18.0 Å². The summed E-state index contributed by atoms with van der Waals surface area (Å²) < 4.78 is 2.04. The molecule has 2 aliphatic heterocycles. The summed E-state index contributed by atoms with van der Waals surface area (Å²) >= 11 is 0. The van der Waals surface area contributed by atoms with Crippen molar-refractivity contribution < 1.29 is 0 Å². The molecular weight excluding hydrogens is 465 g/mol. The smallest absolute Gasteiger partial charge is 0.194 e. The van der Waals surface area contributed by atoms with Crippen molar-refractivity contribution in [1.82, 2.24) is 29.9 Å². The number of rotatable bonds is 5. The molecule has 4 rings (SSSR count). The Hall–Kier alpha value is -0.900. The number of nitrogens with one attached hydrogen (secondary N) is 1. The molecule has 1 aromatic rings. The number of aryl methyl sites for hydroxylation is 1. The van der Waals surface area contributed by atoms with Gasteiger partial charge in [-0.1, -0.05) is 12.8 Å². The summed E-state index contributed by atoms with van der Waals surface area (Å²) in [6.45, 7) is 8.69. The maximum absolute atomic E-state index is 4.97. The van der Waals surface area contributed by atoms with Crippen LogP contribution in [-0.4, -0.2) is 69.3 Å². The van der Waals surface area contributed by atoms with Gasteiger partial charge in [-0.15, -0.1) is 34.2 Å². The maximum atomic E-state index is 4.97. The van der Waals surface area contributed by atoms with Crippen molar-refractivity contribution >= 4 is 29.9 Å². The minimum Gasteiger partial charge on any atom is -0.353 e. The van der Waals surface area contributed by atoms with Crippen LogP contribution < -0.4 is 5.32 Å². The first-order valence-corrected chi connectivity index (χ1v) is 10.8. The largest absolute Gasteiger partial charge is 0.353 e. The molecule has 1 aromatic heterocycles. The lowest BCUT2D eigenvalue weighted by Crippen LogP contribution is -2.44. The number of nitrogens with zero attached hydrogens (tertiary/aromatic N) is 6. The van der Waals surface area contributed by atoms with E-state index in [1.54, 1.807) is 0 Å². The first-order valence-electron chi connectivity index (χ1n) is 10.8. The quantitative estimate of drug-likeness (QED) is 0.382. The highest BCUT2D eigenvalue weighted by atomic mass is 127. The van der Waals surface area contributed by atoms with Gasteiger partial charge in [-0.2, -0.15) is 0 Å². The predicted molar refractivity (Wildman–Crippen MR) is 123 cm³/mol. The molecular formula is C20H36IN7. The van der Waals surface area contributed by atoms with Crippen LogP contribution in [-0.2, 0) is 13.6 Å². The van der Waals surface area contributed by atoms with Gasteiger partial charge in [-0.05, 0) is 58.0 Å². The number of halogens is 1. The second kappa shape index (κ2) is 10.2. The summed E-state index contributed by atoms with van der Waals surface area (Å²) in [5.74, 6) is 3.74. The Labute approximate surface area is 186 Å². The zero-order chi connectivity index (χ0) is 18.6. The van der Waals surface area contributed by atoms with Crippen LogP contribution in [0.5, 0.6) is 0 Å². The third kappa shape index (κ3) is 5.37. The molecule has 3 heterocycles. The lowest BCUT2D eigenvalue weighted by Gasteiger charge is -2.26. The Morgan fingerprint density at radius 3 is 2.50 bits per heavy atom. The van der Waals surface area contributed by atoms with Crippen LogP contribution in [0.2, 0.25) is 0 Å². The van der Waals surface area contributed by atoms with Crippen LogP contribution in [0.1, 0.15) is 56.6 Å². The highest BCUT2D eigenvalue weighted by Gasteiger charge is 2.29. The highest BCUT2D eigenvalue weighted by molar-refractivity contribution is 14.0. The lowest BCUT2D eigenvalue weighted by atomic mass is 10.1. The van der Waals surface area contributed by atoms with Crippen molar-refractivity contribution in [1.29, 1.82) is 0 Å².